The van der Waals surface area contributed by atoms with E-state index < -0.39 is 0 Å². The monoisotopic (exact) mass is 212 g/mol. The van der Waals surface area contributed by atoms with Crippen LogP contribution in [0.2, 0.25) is 0 Å². The van der Waals surface area contributed by atoms with Crippen LogP contribution in [0.3, 0.4) is 0 Å². The second-order valence-electron chi connectivity index (χ2n) is 5.21. The highest BCUT2D eigenvalue weighted by molar-refractivity contribution is 4.81. The molecule has 0 aromatic carbocycles. The van der Waals surface area contributed by atoms with Gasteiger partial charge in [0.25, 0.3) is 0 Å². The third-order valence-electron chi connectivity index (χ3n) is 3.63. The van der Waals surface area contributed by atoms with Gasteiger partial charge in [-0.05, 0) is 58.2 Å². The summed E-state index contributed by atoms with van der Waals surface area (Å²) in [6.07, 6.45) is 4.21. The van der Waals surface area contributed by atoms with Gasteiger partial charge in [-0.15, -0.1) is 0 Å². The zero-order valence-corrected chi connectivity index (χ0v) is 10.9. The van der Waals surface area contributed by atoms with Crippen molar-refractivity contribution in [1.29, 1.82) is 0 Å². The van der Waals surface area contributed by atoms with Crippen molar-refractivity contribution in [1.82, 2.24) is 10.2 Å². The SMILES string of the molecule is CCCN(CC1CC1)C(C)C(C)CNC. The average Bonchev–Trinajstić information content (AvgIpc) is 3.00. The Morgan fingerprint density at radius 3 is 2.47 bits per heavy atom. The second-order valence-corrected chi connectivity index (χ2v) is 5.21. The van der Waals surface area contributed by atoms with Crippen LogP contribution in [0.4, 0.5) is 0 Å². The van der Waals surface area contributed by atoms with Gasteiger partial charge in [0.2, 0.25) is 0 Å². The molecule has 1 saturated carbocycles. The molecule has 2 nitrogen and oxygen atoms in total. The maximum Gasteiger partial charge on any atom is 0.0105 e. The Morgan fingerprint density at radius 1 is 1.33 bits per heavy atom. The average molecular weight is 212 g/mol. The van der Waals surface area contributed by atoms with Crippen LogP contribution in [0.5, 0.6) is 0 Å². The van der Waals surface area contributed by atoms with E-state index in [2.05, 4.69) is 31.0 Å². The molecular formula is C13H28N2. The zero-order chi connectivity index (χ0) is 11.3. The summed E-state index contributed by atoms with van der Waals surface area (Å²) in [5.74, 6) is 1.76. The molecule has 0 spiro atoms. The fraction of sp³-hybridized carbons (Fsp3) is 1.00. The van der Waals surface area contributed by atoms with Gasteiger partial charge < -0.3 is 10.2 Å². The zero-order valence-electron chi connectivity index (χ0n) is 10.9. The molecule has 0 heterocycles. The number of rotatable bonds is 8. The predicted octanol–water partition coefficient (Wildman–Crippen LogP) is 2.35. The van der Waals surface area contributed by atoms with E-state index in [1.165, 1.54) is 32.4 Å². The third-order valence-corrected chi connectivity index (χ3v) is 3.63. The molecule has 15 heavy (non-hydrogen) atoms. The van der Waals surface area contributed by atoms with Crippen LogP contribution >= 0.6 is 0 Å². The third kappa shape index (κ3) is 4.52. The molecule has 1 N–H and O–H groups in total. The Hall–Kier alpha value is -0.0800. The summed E-state index contributed by atoms with van der Waals surface area (Å²) in [5, 5.41) is 3.29. The molecule has 2 heteroatoms. The van der Waals surface area contributed by atoms with Crippen molar-refractivity contribution in [3.8, 4) is 0 Å². The van der Waals surface area contributed by atoms with Gasteiger partial charge >= 0.3 is 0 Å². The Morgan fingerprint density at radius 2 is 2.00 bits per heavy atom. The maximum absolute atomic E-state index is 3.29. The first kappa shape index (κ1) is 13.0. The Bertz CT molecular complexity index is 166. The van der Waals surface area contributed by atoms with Crippen LogP contribution in [-0.2, 0) is 0 Å². The van der Waals surface area contributed by atoms with E-state index in [9.17, 15) is 0 Å². The van der Waals surface area contributed by atoms with Crippen molar-refractivity contribution >= 4 is 0 Å². The summed E-state index contributed by atoms with van der Waals surface area (Å²) in [4.78, 5) is 2.69. The van der Waals surface area contributed by atoms with E-state index in [1.807, 2.05) is 7.05 Å². The molecule has 0 aromatic heterocycles. The molecule has 1 fully saturated rings. The van der Waals surface area contributed by atoms with Gasteiger partial charge in [0.05, 0.1) is 0 Å². The lowest BCUT2D eigenvalue weighted by Gasteiger charge is -2.33. The minimum absolute atomic E-state index is 0.720. The van der Waals surface area contributed by atoms with E-state index >= 15 is 0 Å². The molecule has 0 aromatic rings. The molecule has 1 rings (SSSR count). The largest absolute Gasteiger partial charge is 0.319 e. The van der Waals surface area contributed by atoms with Crippen molar-refractivity contribution in [2.24, 2.45) is 11.8 Å². The highest BCUT2D eigenvalue weighted by Crippen LogP contribution is 2.31. The van der Waals surface area contributed by atoms with E-state index in [0.29, 0.717) is 0 Å². The van der Waals surface area contributed by atoms with Crippen molar-refractivity contribution in [3.63, 3.8) is 0 Å². The summed E-state index contributed by atoms with van der Waals surface area (Å²) in [6, 6.07) is 0.720. The van der Waals surface area contributed by atoms with Gasteiger partial charge in [-0.3, -0.25) is 0 Å². The van der Waals surface area contributed by atoms with E-state index in [-0.39, 0.29) is 0 Å². The molecule has 0 aliphatic heterocycles. The summed E-state index contributed by atoms with van der Waals surface area (Å²) in [5.41, 5.74) is 0. The van der Waals surface area contributed by atoms with Crippen molar-refractivity contribution < 1.29 is 0 Å². The van der Waals surface area contributed by atoms with Gasteiger partial charge in [0.15, 0.2) is 0 Å². The Labute approximate surface area is 95.4 Å². The van der Waals surface area contributed by atoms with Crippen molar-refractivity contribution in [2.45, 2.75) is 46.1 Å². The van der Waals surface area contributed by atoms with Gasteiger partial charge in [-0.25, -0.2) is 0 Å². The first-order chi connectivity index (χ1) is 7.19. The first-order valence-corrected chi connectivity index (χ1v) is 6.57. The lowest BCUT2D eigenvalue weighted by Crippen LogP contribution is -2.42. The minimum Gasteiger partial charge on any atom is -0.319 e. The number of nitrogens with one attached hydrogen (secondary N) is 1. The molecule has 0 saturated heterocycles. The number of hydrogen-bond acceptors (Lipinski definition) is 2. The van der Waals surface area contributed by atoms with Gasteiger partial charge in [0, 0.05) is 12.6 Å². The summed E-state index contributed by atoms with van der Waals surface area (Å²) < 4.78 is 0. The topological polar surface area (TPSA) is 15.3 Å². The first-order valence-electron chi connectivity index (χ1n) is 6.57. The Kier molecular flexibility index (Phi) is 5.62. The van der Waals surface area contributed by atoms with Crippen LogP contribution < -0.4 is 5.32 Å². The maximum atomic E-state index is 3.29. The van der Waals surface area contributed by atoms with Crippen LogP contribution in [0, 0.1) is 11.8 Å². The summed E-state index contributed by atoms with van der Waals surface area (Å²) >= 11 is 0. The molecule has 1 aliphatic carbocycles. The van der Waals surface area contributed by atoms with Crippen LogP contribution in [0.25, 0.3) is 0 Å². The van der Waals surface area contributed by atoms with E-state index in [0.717, 1.165) is 24.4 Å². The lowest BCUT2D eigenvalue weighted by atomic mass is 10.0. The quantitative estimate of drug-likeness (QED) is 0.664. The standard InChI is InChI=1S/C13H28N2/c1-5-8-15(10-13-6-7-13)12(3)11(2)9-14-4/h11-14H,5-10H2,1-4H3. The van der Waals surface area contributed by atoms with Crippen molar-refractivity contribution in [3.05, 3.63) is 0 Å². The van der Waals surface area contributed by atoms with Crippen LogP contribution in [-0.4, -0.2) is 37.6 Å². The normalized spacial score (nSPS) is 20.6. The smallest absolute Gasteiger partial charge is 0.0105 e. The number of hydrogen-bond donors (Lipinski definition) is 1. The fourth-order valence-corrected chi connectivity index (χ4v) is 2.23. The van der Waals surface area contributed by atoms with Gasteiger partial charge in [0.1, 0.15) is 0 Å². The van der Waals surface area contributed by atoms with Gasteiger partial charge in [-0.2, -0.15) is 0 Å². The molecule has 2 atom stereocenters. The van der Waals surface area contributed by atoms with Crippen LogP contribution in [0.15, 0.2) is 0 Å². The Balaban J connectivity index is 2.37. The molecule has 0 bridgehead atoms. The predicted molar refractivity (Wildman–Crippen MR) is 67.1 cm³/mol. The molecule has 2 unspecified atom stereocenters. The molecule has 90 valence electrons. The molecule has 0 amide bonds. The van der Waals surface area contributed by atoms with Crippen LogP contribution in [0.1, 0.15) is 40.0 Å². The highest BCUT2D eigenvalue weighted by atomic mass is 15.2. The van der Waals surface area contributed by atoms with Crippen molar-refractivity contribution in [2.75, 3.05) is 26.7 Å². The summed E-state index contributed by atoms with van der Waals surface area (Å²) in [7, 11) is 2.05. The number of nitrogens with zero attached hydrogens (tertiary/aromatic N) is 1. The van der Waals surface area contributed by atoms with E-state index in [1.54, 1.807) is 0 Å². The fourth-order valence-electron chi connectivity index (χ4n) is 2.23. The molecule has 1 aliphatic rings. The lowest BCUT2D eigenvalue weighted by molar-refractivity contribution is 0.154. The summed E-state index contributed by atoms with van der Waals surface area (Å²) in [6.45, 7) is 10.8. The molecule has 0 radical (unpaired) electrons. The molecular weight excluding hydrogens is 184 g/mol. The van der Waals surface area contributed by atoms with E-state index in [4.69, 9.17) is 0 Å². The highest BCUT2D eigenvalue weighted by Gasteiger charge is 2.27. The minimum atomic E-state index is 0.720. The second kappa shape index (κ2) is 6.49. The van der Waals surface area contributed by atoms with Gasteiger partial charge in [-0.1, -0.05) is 13.8 Å².